The number of aryl methyl sites for hydroxylation is 1. The Balaban J connectivity index is 2.31. The van der Waals surface area contributed by atoms with Gasteiger partial charge in [0.25, 0.3) is 0 Å². The highest BCUT2D eigenvalue weighted by atomic mass is 32.2. The highest BCUT2D eigenvalue weighted by molar-refractivity contribution is 7.89. The normalized spacial score (nSPS) is 12.1. The molecule has 0 bridgehead atoms. The van der Waals surface area contributed by atoms with Crippen LogP contribution in [0.1, 0.15) is 18.2 Å². The van der Waals surface area contributed by atoms with Gasteiger partial charge in [-0.1, -0.05) is 36.4 Å². The third-order valence-electron chi connectivity index (χ3n) is 4.68. The van der Waals surface area contributed by atoms with Crippen molar-refractivity contribution in [2.24, 2.45) is 5.14 Å². The second kappa shape index (κ2) is 8.75. The van der Waals surface area contributed by atoms with Crippen LogP contribution in [0, 0.1) is 6.92 Å². The Bertz CT molecular complexity index is 1250. The molecule has 0 radical (unpaired) electrons. The van der Waals surface area contributed by atoms with Gasteiger partial charge in [-0.15, -0.1) is 0 Å². The van der Waals surface area contributed by atoms with Gasteiger partial charge in [0.05, 0.1) is 11.5 Å². The molecule has 0 spiro atoms. The number of carbonyl (C=O) groups excluding carboxylic acids is 1. The number of benzene rings is 2. The van der Waals surface area contributed by atoms with Gasteiger partial charge >= 0.3 is 12.1 Å². The van der Waals surface area contributed by atoms with Gasteiger partial charge in [-0.3, -0.25) is 4.79 Å². The molecular formula is C21H20F3N3O4S. The van der Waals surface area contributed by atoms with E-state index in [0.717, 1.165) is 0 Å². The molecule has 0 atom stereocenters. The fourth-order valence-corrected chi connectivity index (χ4v) is 3.82. The van der Waals surface area contributed by atoms with Gasteiger partial charge in [0.2, 0.25) is 10.0 Å². The Kier molecular flexibility index (Phi) is 6.42. The number of esters is 1. The van der Waals surface area contributed by atoms with Crippen molar-refractivity contribution in [3.05, 3.63) is 59.8 Å². The summed E-state index contributed by atoms with van der Waals surface area (Å²) in [6.45, 7) is 2.47. The Morgan fingerprint density at radius 2 is 1.75 bits per heavy atom. The molecule has 1 heterocycles. The van der Waals surface area contributed by atoms with E-state index >= 15 is 0 Å². The molecule has 7 nitrogen and oxygen atoms in total. The molecule has 0 aliphatic heterocycles. The van der Waals surface area contributed by atoms with E-state index in [1.807, 2.05) is 0 Å². The van der Waals surface area contributed by atoms with Gasteiger partial charge in [0, 0.05) is 11.1 Å². The number of nitrogens with two attached hydrogens (primary N) is 1. The molecule has 1 aromatic heterocycles. The topological polar surface area (TPSA) is 104 Å². The summed E-state index contributed by atoms with van der Waals surface area (Å²) >= 11 is 0. The van der Waals surface area contributed by atoms with Crippen molar-refractivity contribution in [3.8, 4) is 22.4 Å². The Morgan fingerprint density at radius 1 is 1.12 bits per heavy atom. The van der Waals surface area contributed by atoms with Crippen molar-refractivity contribution in [2.75, 3.05) is 6.61 Å². The maximum atomic E-state index is 14.2. The molecule has 0 aliphatic carbocycles. The number of rotatable bonds is 6. The summed E-state index contributed by atoms with van der Waals surface area (Å²) in [5, 5.41) is 9.20. The molecule has 3 rings (SSSR count). The summed E-state index contributed by atoms with van der Waals surface area (Å²) in [4.78, 5) is 11.8. The molecule has 170 valence electrons. The lowest BCUT2D eigenvalue weighted by molar-refractivity contribution is -0.149. The number of hydrogen-bond donors (Lipinski definition) is 1. The highest BCUT2D eigenvalue weighted by Gasteiger charge is 2.41. The molecule has 0 unspecified atom stereocenters. The van der Waals surface area contributed by atoms with Gasteiger partial charge in [-0.25, -0.2) is 18.2 Å². The molecule has 0 amide bonds. The third kappa shape index (κ3) is 4.83. The molecule has 2 aromatic carbocycles. The molecule has 0 aliphatic rings. The number of halogens is 3. The summed E-state index contributed by atoms with van der Waals surface area (Å²) in [5.74, 6) is -0.868. The number of hydrogen-bond acceptors (Lipinski definition) is 5. The lowest BCUT2D eigenvalue weighted by atomic mass is 9.95. The zero-order valence-corrected chi connectivity index (χ0v) is 18.0. The lowest BCUT2D eigenvalue weighted by Crippen LogP contribution is -2.21. The van der Waals surface area contributed by atoms with Crippen LogP contribution in [-0.4, -0.2) is 30.8 Å². The van der Waals surface area contributed by atoms with Crippen LogP contribution in [-0.2, 0) is 32.3 Å². The summed E-state index contributed by atoms with van der Waals surface area (Å²) < 4.78 is 71.1. The smallest absolute Gasteiger partial charge is 0.433 e. The van der Waals surface area contributed by atoms with Gasteiger partial charge in [0.1, 0.15) is 12.2 Å². The van der Waals surface area contributed by atoms with Crippen molar-refractivity contribution in [1.29, 1.82) is 0 Å². The van der Waals surface area contributed by atoms with Crippen molar-refractivity contribution in [3.63, 3.8) is 0 Å². The number of aromatic nitrogens is 2. The van der Waals surface area contributed by atoms with E-state index < -0.39 is 34.4 Å². The third-order valence-corrected chi connectivity index (χ3v) is 5.61. The zero-order valence-electron chi connectivity index (χ0n) is 17.2. The average Bonchev–Trinajstić information content (AvgIpc) is 3.07. The van der Waals surface area contributed by atoms with Crippen molar-refractivity contribution in [2.45, 2.75) is 31.5 Å². The monoisotopic (exact) mass is 467 g/mol. The van der Waals surface area contributed by atoms with E-state index in [0.29, 0.717) is 10.2 Å². The Morgan fingerprint density at radius 3 is 2.28 bits per heavy atom. The first-order valence-corrected chi connectivity index (χ1v) is 11.0. The van der Waals surface area contributed by atoms with E-state index in [9.17, 15) is 26.4 Å². The van der Waals surface area contributed by atoms with Crippen LogP contribution < -0.4 is 5.14 Å². The fourth-order valence-electron chi connectivity index (χ4n) is 3.31. The van der Waals surface area contributed by atoms with E-state index in [1.54, 1.807) is 32.0 Å². The van der Waals surface area contributed by atoms with E-state index in [1.165, 1.54) is 30.3 Å². The molecular weight excluding hydrogens is 447 g/mol. The minimum Gasteiger partial charge on any atom is -0.465 e. The maximum absolute atomic E-state index is 14.2. The first kappa shape index (κ1) is 23.5. The predicted molar refractivity (Wildman–Crippen MR) is 111 cm³/mol. The van der Waals surface area contributed by atoms with Crippen LogP contribution in [0.15, 0.2) is 53.4 Å². The summed E-state index contributed by atoms with van der Waals surface area (Å²) in [6.07, 6.45) is -4.84. The second-order valence-electron chi connectivity index (χ2n) is 6.92. The molecule has 2 N–H and O–H groups in total. The van der Waals surface area contributed by atoms with Crippen LogP contribution >= 0.6 is 0 Å². The standard InChI is InChI=1S/C21H20F3N3O4S/c1-3-31-17(28)12-27-20(21(22,23)24)18(16-7-5-4-6-13(16)2)19(26-27)14-8-10-15(11-9-14)32(25,29)30/h4-11H,3,12H2,1-2H3,(H2,25,29,30). The SMILES string of the molecule is CCOC(=O)Cn1nc(-c2ccc(S(N)(=O)=O)cc2)c(-c2ccccc2C)c1C(F)(F)F. The number of primary sulfonamides is 1. The zero-order chi connectivity index (χ0) is 23.7. The summed E-state index contributed by atoms with van der Waals surface area (Å²) in [6, 6.07) is 11.5. The number of nitrogens with zero attached hydrogens (tertiary/aromatic N) is 2. The molecule has 3 aromatic rings. The van der Waals surface area contributed by atoms with Crippen molar-refractivity contribution < 1.29 is 31.1 Å². The summed E-state index contributed by atoms with van der Waals surface area (Å²) in [5.41, 5.74) is -0.314. The van der Waals surface area contributed by atoms with Crippen molar-refractivity contribution >= 4 is 16.0 Å². The Labute approximate surface area is 182 Å². The predicted octanol–water partition coefficient (Wildman–Crippen LogP) is 3.75. The number of carbonyl (C=O) groups is 1. The molecule has 0 fully saturated rings. The van der Waals surface area contributed by atoms with Crippen molar-refractivity contribution in [1.82, 2.24) is 9.78 Å². The van der Waals surface area contributed by atoms with Gasteiger partial charge < -0.3 is 4.74 Å². The van der Waals surface area contributed by atoms with Crippen LogP contribution in [0.2, 0.25) is 0 Å². The van der Waals surface area contributed by atoms with Gasteiger partial charge in [-0.05, 0) is 37.1 Å². The number of sulfonamides is 1. The molecule has 32 heavy (non-hydrogen) atoms. The quantitative estimate of drug-likeness (QED) is 0.556. The van der Waals surface area contributed by atoms with Crippen LogP contribution in [0.3, 0.4) is 0 Å². The molecule has 11 heteroatoms. The van der Waals surface area contributed by atoms with E-state index in [4.69, 9.17) is 9.88 Å². The average molecular weight is 467 g/mol. The van der Waals surface area contributed by atoms with E-state index in [2.05, 4.69) is 5.10 Å². The Hall–Kier alpha value is -3.18. The molecule has 0 saturated heterocycles. The minimum atomic E-state index is -4.84. The minimum absolute atomic E-state index is 0.00792. The highest BCUT2D eigenvalue weighted by Crippen LogP contribution is 2.43. The first-order valence-electron chi connectivity index (χ1n) is 9.46. The largest absolute Gasteiger partial charge is 0.465 e. The fraction of sp³-hybridized carbons (Fsp3) is 0.238. The van der Waals surface area contributed by atoms with E-state index in [-0.39, 0.29) is 33.9 Å². The van der Waals surface area contributed by atoms with Crippen LogP contribution in [0.5, 0.6) is 0 Å². The summed E-state index contributed by atoms with van der Waals surface area (Å²) in [7, 11) is -3.99. The van der Waals surface area contributed by atoms with Crippen LogP contribution in [0.25, 0.3) is 22.4 Å². The molecule has 0 saturated carbocycles. The second-order valence-corrected chi connectivity index (χ2v) is 8.48. The first-order chi connectivity index (χ1) is 14.9. The van der Waals surface area contributed by atoms with Gasteiger partial charge in [0.15, 0.2) is 5.69 Å². The number of alkyl halides is 3. The lowest BCUT2D eigenvalue weighted by Gasteiger charge is -2.14. The van der Waals surface area contributed by atoms with Gasteiger partial charge in [-0.2, -0.15) is 18.3 Å². The number of ether oxygens (including phenoxy) is 1. The van der Waals surface area contributed by atoms with Crippen LogP contribution in [0.4, 0.5) is 13.2 Å². The maximum Gasteiger partial charge on any atom is 0.433 e.